The van der Waals surface area contributed by atoms with Crippen LogP contribution in [-0.4, -0.2) is 0 Å². The molecule has 0 aliphatic heterocycles. The van der Waals surface area contributed by atoms with E-state index in [0.29, 0.717) is 31.2 Å². The minimum atomic E-state index is -0.470. The van der Waals surface area contributed by atoms with Crippen molar-refractivity contribution in [1.29, 1.82) is 0 Å². The van der Waals surface area contributed by atoms with Gasteiger partial charge in [0, 0.05) is 26.5 Å². The number of para-hydroxylation sites is 2. The second kappa shape index (κ2) is 11.9. The van der Waals surface area contributed by atoms with Crippen LogP contribution in [-0.2, 0) is 41.7 Å². The quantitative estimate of drug-likeness (QED) is 0.169. The molecule has 2 nitrogen and oxygen atoms in total. The van der Waals surface area contributed by atoms with E-state index < -0.39 is 12.1 Å². The molecule has 0 fully saturated rings. The van der Waals surface area contributed by atoms with E-state index in [1.165, 1.54) is 0 Å². The van der Waals surface area contributed by atoms with Crippen molar-refractivity contribution in [3.8, 4) is 0 Å². The van der Waals surface area contributed by atoms with Gasteiger partial charge < -0.3 is 35.9 Å². The molecule has 0 aromatic heterocycles. The Balaban J connectivity index is 0.00000306. The molecule has 0 amide bonds. The van der Waals surface area contributed by atoms with Crippen molar-refractivity contribution >= 4 is 59.8 Å². The van der Waals surface area contributed by atoms with Crippen LogP contribution < -0.4 is 0 Å². The Kier molecular flexibility index (Phi) is 9.25. The molecule has 2 unspecified atom stereocenters. The first-order valence-electron chi connectivity index (χ1n) is 9.97. The zero-order valence-corrected chi connectivity index (χ0v) is 21.3. The third-order valence-corrected chi connectivity index (χ3v) is 6.41. The van der Waals surface area contributed by atoms with E-state index in [1.54, 1.807) is 0 Å². The molecule has 4 aromatic rings. The average Bonchev–Trinajstić information content (AvgIpc) is 2.80. The summed E-state index contributed by atoms with van der Waals surface area (Å²) >= 11 is 24.4. The maximum atomic E-state index is 6.65. The van der Waals surface area contributed by atoms with Crippen LogP contribution in [0.3, 0.4) is 0 Å². The Labute approximate surface area is 225 Å². The largest absolute Gasteiger partial charge is 0.781 e. The molecule has 0 aliphatic carbocycles. The van der Waals surface area contributed by atoms with Gasteiger partial charge in [0.2, 0.25) is 0 Å². The van der Waals surface area contributed by atoms with Crippen LogP contribution in [0.2, 0.25) is 10.0 Å². The summed E-state index contributed by atoms with van der Waals surface area (Å²) in [5, 5.41) is 11.3. The molecule has 0 heterocycles. The minimum absolute atomic E-state index is 0. The first-order chi connectivity index (χ1) is 15.5. The van der Waals surface area contributed by atoms with Gasteiger partial charge in [-0.05, 0) is 23.3 Å². The van der Waals surface area contributed by atoms with Crippen molar-refractivity contribution < 1.29 is 16.5 Å². The second-order valence-corrected chi connectivity index (χ2v) is 8.82. The Morgan fingerprint density at radius 2 is 0.848 bits per heavy atom. The summed E-state index contributed by atoms with van der Waals surface area (Å²) in [7, 11) is 0. The van der Waals surface area contributed by atoms with Crippen molar-refractivity contribution in [2.75, 3.05) is 0 Å². The van der Waals surface area contributed by atoms with Gasteiger partial charge in [-0.25, -0.2) is 0 Å². The van der Waals surface area contributed by atoms with Crippen LogP contribution in [0.15, 0.2) is 107 Å². The smallest absolute Gasteiger partial charge is 0.0425 e. The summed E-state index contributed by atoms with van der Waals surface area (Å²) in [5.74, 6) is 0. The summed E-state index contributed by atoms with van der Waals surface area (Å²) in [6.45, 7) is 0. The Hall–Kier alpha value is -2.01. The number of rotatable bonds is 7. The van der Waals surface area contributed by atoms with E-state index in [4.69, 9.17) is 59.1 Å². The van der Waals surface area contributed by atoms with Gasteiger partial charge in [-0.2, -0.15) is 21.2 Å². The molecular formula is C26H18Cl2N2NiS2-4. The zero-order valence-electron chi connectivity index (χ0n) is 17.2. The summed E-state index contributed by atoms with van der Waals surface area (Å²) in [6, 6.07) is 29.5. The van der Waals surface area contributed by atoms with Crippen LogP contribution >= 0.6 is 23.2 Å². The Morgan fingerprint density at radius 1 is 0.515 bits per heavy atom. The van der Waals surface area contributed by atoms with Gasteiger partial charge in [0.25, 0.3) is 0 Å². The fourth-order valence-electron chi connectivity index (χ4n) is 3.48. The van der Waals surface area contributed by atoms with E-state index >= 15 is 0 Å². The molecule has 0 saturated carbocycles. The van der Waals surface area contributed by atoms with Crippen molar-refractivity contribution in [3.63, 3.8) is 0 Å². The summed E-state index contributed by atoms with van der Waals surface area (Å²) in [4.78, 5) is 1.32. The topological polar surface area (TPSA) is 28.2 Å². The summed E-state index contributed by atoms with van der Waals surface area (Å²) < 4.78 is 0. The molecule has 4 rings (SSSR count). The van der Waals surface area contributed by atoms with Gasteiger partial charge in [0.15, 0.2) is 0 Å². The second-order valence-electron chi connectivity index (χ2n) is 7.13. The molecule has 7 heteroatoms. The predicted octanol–water partition coefficient (Wildman–Crippen LogP) is 9.00. The van der Waals surface area contributed by atoms with E-state index in [-0.39, 0.29) is 16.5 Å². The van der Waals surface area contributed by atoms with E-state index in [0.717, 1.165) is 11.1 Å². The molecule has 172 valence electrons. The van der Waals surface area contributed by atoms with Crippen LogP contribution in [0.5, 0.6) is 0 Å². The molecule has 0 spiro atoms. The Morgan fingerprint density at radius 3 is 1.21 bits per heavy atom. The molecule has 0 saturated heterocycles. The van der Waals surface area contributed by atoms with Gasteiger partial charge in [-0.15, -0.1) is 12.1 Å². The number of nitrogens with zero attached hydrogens (tertiary/aromatic N) is 2. The van der Waals surface area contributed by atoms with Crippen LogP contribution in [0.4, 0.5) is 11.4 Å². The Bertz CT molecular complexity index is 1130. The standard InChI is InChI=1S/C26H20Cl2N2S2.Ni/c27-19-11-3-1-9-17(19)25(29-21-13-5-7-15-23(21)31)26(18-10-2-4-12-20(18)28)30-22-14-6-8-16-24(22)32;/h1-16,25-26,31-32H;/q-2;/p-2. The van der Waals surface area contributed by atoms with Crippen LogP contribution in [0, 0.1) is 0 Å². The van der Waals surface area contributed by atoms with E-state index in [2.05, 4.69) is 0 Å². The number of hydrogen-bond acceptors (Lipinski definition) is 2. The van der Waals surface area contributed by atoms with Crippen LogP contribution in [0.1, 0.15) is 23.2 Å². The van der Waals surface area contributed by atoms with Crippen molar-refractivity contribution in [1.82, 2.24) is 0 Å². The predicted molar refractivity (Wildman–Crippen MR) is 139 cm³/mol. The van der Waals surface area contributed by atoms with Crippen molar-refractivity contribution in [2.45, 2.75) is 21.9 Å². The summed E-state index contributed by atoms with van der Waals surface area (Å²) in [6.07, 6.45) is 0. The van der Waals surface area contributed by atoms with E-state index in [1.807, 2.05) is 97.1 Å². The average molecular weight is 552 g/mol. The van der Waals surface area contributed by atoms with Gasteiger partial charge in [-0.3, -0.25) is 0 Å². The maximum Gasteiger partial charge on any atom is 0.0425 e. The van der Waals surface area contributed by atoms with E-state index in [9.17, 15) is 0 Å². The van der Waals surface area contributed by atoms with Gasteiger partial charge in [0.1, 0.15) is 0 Å². The van der Waals surface area contributed by atoms with Crippen molar-refractivity contribution in [2.24, 2.45) is 0 Å². The SMILES string of the molecule is [Ni].[S-]c1ccccc1[N-]C(c1ccccc1Cl)C([N-]c1ccccc1[S-])c1ccccc1Cl. The van der Waals surface area contributed by atoms with Gasteiger partial charge >= 0.3 is 0 Å². The molecule has 33 heavy (non-hydrogen) atoms. The normalized spacial score (nSPS) is 12.3. The maximum absolute atomic E-state index is 6.65. The molecule has 2 atom stereocenters. The minimum Gasteiger partial charge on any atom is -0.781 e. The molecular weight excluding hydrogens is 534 g/mol. The number of benzene rings is 4. The van der Waals surface area contributed by atoms with Gasteiger partial charge in [0.05, 0.1) is 0 Å². The molecule has 0 N–H and O–H groups in total. The molecule has 4 aromatic carbocycles. The molecule has 0 aliphatic rings. The number of hydrogen-bond donors (Lipinski definition) is 0. The third kappa shape index (κ3) is 6.12. The fraction of sp³-hybridized carbons (Fsp3) is 0.0769. The fourth-order valence-corrected chi connectivity index (χ4v) is 4.37. The third-order valence-electron chi connectivity index (χ3n) is 5.03. The van der Waals surface area contributed by atoms with Crippen LogP contribution in [0.25, 0.3) is 10.6 Å². The monoisotopic (exact) mass is 550 g/mol. The number of halogens is 2. The molecule has 0 radical (unpaired) electrons. The first kappa shape index (κ1) is 25.6. The zero-order chi connectivity index (χ0) is 22.5. The molecule has 0 bridgehead atoms. The first-order valence-corrected chi connectivity index (χ1v) is 11.5. The van der Waals surface area contributed by atoms with Crippen molar-refractivity contribution in [3.05, 3.63) is 129 Å². The summed E-state index contributed by atoms with van der Waals surface area (Å²) in [5.41, 5.74) is 3.07. The van der Waals surface area contributed by atoms with Gasteiger partial charge in [-0.1, -0.05) is 108 Å².